The van der Waals surface area contributed by atoms with Crippen LogP contribution in [0, 0.1) is 0 Å². The van der Waals surface area contributed by atoms with Gasteiger partial charge in [-0.1, -0.05) is 25.7 Å². The van der Waals surface area contributed by atoms with E-state index in [1.165, 1.54) is 0 Å². The Hall–Kier alpha value is -0.170. The van der Waals surface area contributed by atoms with Crippen molar-refractivity contribution >= 4 is 10.2 Å². The van der Waals surface area contributed by atoms with Gasteiger partial charge >= 0.3 is 0 Å². The van der Waals surface area contributed by atoms with Crippen molar-refractivity contribution in [2.45, 2.75) is 63.8 Å². The van der Waals surface area contributed by atoms with Gasteiger partial charge in [-0.15, -0.1) is 0 Å². The first-order valence-electron chi connectivity index (χ1n) is 8.13. The quantitative estimate of drug-likeness (QED) is 0.812. The van der Waals surface area contributed by atoms with E-state index < -0.39 is 10.2 Å². The van der Waals surface area contributed by atoms with Gasteiger partial charge in [-0.25, -0.2) is 0 Å². The summed E-state index contributed by atoms with van der Waals surface area (Å²) < 4.78 is 29.4. The molecule has 1 saturated carbocycles. The highest BCUT2D eigenvalue weighted by atomic mass is 32.2. The fourth-order valence-electron chi connectivity index (χ4n) is 3.35. The molecule has 2 aliphatic rings. The zero-order chi connectivity index (χ0) is 14.4. The van der Waals surface area contributed by atoms with Crippen molar-refractivity contribution in [2.75, 3.05) is 26.2 Å². The van der Waals surface area contributed by atoms with Gasteiger partial charge in [0.25, 0.3) is 10.2 Å². The van der Waals surface area contributed by atoms with Crippen molar-refractivity contribution in [3.63, 3.8) is 0 Å². The van der Waals surface area contributed by atoms with Gasteiger partial charge in [0.2, 0.25) is 0 Å². The maximum Gasteiger partial charge on any atom is 0.282 e. The average Bonchev–Trinajstić information content (AvgIpc) is 2.79. The van der Waals surface area contributed by atoms with Crippen molar-refractivity contribution in [1.82, 2.24) is 8.61 Å². The molecule has 2 rings (SSSR count). The minimum atomic E-state index is -3.29. The number of hydrogen-bond acceptors (Lipinski definition) is 3. The van der Waals surface area contributed by atoms with Crippen molar-refractivity contribution in [3.05, 3.63) is 0 Å². The molecule has 6 heteroatoms. The molecule has 1 saturated heterocycles. The Bertz CT molecular complexity index is 372. The Morgan fingerprint density at radius 2 is 1.60 bits per heavy atom. The van der Waals surface area contributed by atoms with Crippen LogP contribution in [-0.4, -0.2) is 49.2 Å². The van der Waals surface area contributed by atoms with Crippen LogP contribution >= 0.6 is 0 Å². The molecule has 1 aliphatic heterocycles. The lowest BCUT2D eigenvalue weighted by Gasteiger charge is -2.33. The summed E-state index contributed by atoms with van der Waals surface area (Å²) in [4.78, 5) is 0. The average molecular weight is 303 g/mol. The van der Waals surface area contributed by atoms with Gasteiger partial charge in [-0.3, -0.25) is 0 Å². The van der Waals surface area contributed by atoms with E-state index in [4.69, 9.17) is 5.73 Å². The van der Waals surface area contributed by atoms with Gasteiger partial charge in [0.1, 0.15) is 0 Å². The summed E-state index contributed by atoms with van der Waals surface area (Å²) in [5.41, 5.74) is 5.59. The lowest BCUT2D eigenvalue weighted by Crippen LogP contribution is -2.48. The van der Waals surface area contributed by atoms with Crippen LogP contribution in [0.15, 0.2) is 0 Å². The van der Waals surface area contributed by atoms with E-state index in [9.17, 15) is 8.42 Å². The number of nitrogens with zero attached hydrogens (tertiary/aromatic N) is 2. The van der Waals surface area contributed by atoms with E-state index in [0.29, 0.717) is 26.2 Å². The van der Waals surface area contributed by atoms with Gasteiger partial charge in [0.15, 0.2) is 0 Å². The zero-order valence-corrected chi connectivity index (χ0v) is 13.3. The molecule has 0 aromatic heterocycles. The molecule has 1 heterocycles. The molecule has 0 bridgehead atoms. The van der Waals surface area contributed by atoms with E-state index >= 15 is 0 Å². The van der Waals surface area contributed by atoms with E-state index in [2.05, 4.69) is 0 Å². The van der Waals surface area contributed by atoms with Crippen molar-refractivity contribution < 1.29 is 8.42 Å². The monoisotopic (exact) mass is 303 g/mol. The molecule has 118 valence electrons. The number of nitrogens with two attached hydrogens (primary N) is 1. The van der Waals surface area contributed by atoms with E-state index in [-0.39, 0.29) is 6.04 Å². The zero-order valence-electron chi connectivity index (χ0n) is 12.5. The van der Waals surface area contributed by atoms with E-state index in [0.717, 1.165) is 57.8 Å². The van der Waals surface area contributed by atoms with Gasteiger partial charge < -0.3 is 5.73 Å². The fraction of sp³-hybridized carbons (Fsp3) is 1.00. The maximum atomic E-state index is 12.9. The minimum Gasteiger partial charge on any atom is -0.330 e. The van der Waals surface area contributed by atoms with E-state index in [1.807, 2.05) is 0 Å². The summed E-state index contributed by atoms with van der Waals surface area (Å²) in [6, 6.07) is 0.204. The lowest BCUT2D eigenvalue weighted by molar-refractivity contribution is 0.283. The predicted octanol–water partition coefficient (Wildman–Crippen LogP) is 1.70. The Balaban J connectivity index is 2.11. The van der Waals surface area contributed by atoms with Crippen LogP contribution in [0.3, 0.4) is 0 Å². The smallest absolute Gasteiger partial charge is 0.282 e. The third-order valence-corrected chi connectivity index (χ3v) is 6.59. The number of rotatable bonds is 6. The highest BCUT2D eigenvalue weighted by Gasteiger charge is 2.35. The Morgan fingerprint density at radius 3 is 2.15 bits per heavy atom. The second kappa shape index (κ2) is 7.73. The predicted molar refractivity (Wildman–Crippen MR) is 81.6 cm³/mol. The topological polar surface area (TPSA) is 66.6 Å². The molecule has 0 amide bonds. The van der Waals surface area contributed by atoms with Gasteiger partial charge in [0.05, 0.1) is 0 Å². The summed E-state index contributed by atoms with van der Waals surface area (Å²) in [6.07, 6.45) is 9.37. The molecule has 0 atom stereocenters. The van der Waals surface area contributed by atoms with Crippen molar-refractivity contribution in [2.24, 2.45) is 5.73 Å². The molecule has 0 unspecified atom stereocenters. The Labute approximate surface area is 123 Å². The van der Waals surface area contributed by atoms with Crippen molar-refractivity contribution in [1.29, 1.82) is 0 Å². The van der Waals surface area contributed by atoms with Crippen LogP contribution in [0.2, 0.25) is 0 Å². The minimum absolute atomic E-state index is 0.204. The first-order valence-corrected chi connectivity index (χ1v) is 9.53. The summed E-state index contributed by atoms with van der Waals surface area (Å²) in [7, 11) is -3.29. The molecular formula is C14H29N3O2S. The third kappa shape index (κ3) is 3.93. The molecule has 0 spiro atoms. The Kier molecular flexibility index (Phi) is 6.26. The van der Waals surface area contributed by atoms with Crippen LogP contribution in [-0.2, 0) is 10.2 Å². The molecular weight excluding hydrogens is 274 g/mol. The molecule has 0 aromatic carbocycles. The summed E-state index contributed by atoms with van der Waals surface area (Å²) in [5.74, 6) is 0. The van der Waals surface area contributed by atoms with Gasteiger partial charge in [0, 0.05) is 25.7 Å². The standard InChI is InChI=1S/C14H29N3O2S/c15-10-7-13-17(14-8-3-4-9-14)20(18,19)16-11-5-1-2-6-12-16/h14H,1-13,15H2. The molecule has 5 nitrogen and oxygen atoms in total. The third-order valence-electron chi connectivity index (χ3n) is 4.50. The second-order valence-corrected chi connectivity index (χ2v) is 7.89. The maximum absolute atomic E-state index is 12.9. The van der Waals surface area contributed by atoms with Crippen molar-refractivity contribution in [3.8, 4) is 0 Å². The molecule has 2 N–H and O–H groups in total. The van der Waals surface area contributed by atoms with Gasteiger partial charge in [-0.05, 0) is 38.6 Å². The van der Waals surface area contributed by atoms with E-state index in [1.54, 1.807) is 8.61 Å². The first-order chi connectivity index (χ1) is 9.66. The van der Waals surface area contributed by atoms with Gasteiger partial charge in [-0.2, -0.15) is 17.0 Å². The highest BCUT2D eigenvalue weighted by Crippen LogP contribution is 2.28. The summed E-state index contributed by atoms with van der Waals surface area (Å²) in [6.45, 7) is 2.51. The molecule has 2 fully saturated rings. The molecule has 20 heavy (non-hydrogen) atoms. The fourth-order valence-corrected chi connectivity index (χ4v) is 5.31. The summed E-state index contributed by atoms with van der Waals surface area (Å²) >= 11 is 0. The van der Waals surface area contributed by atoms with Crippen LogP contribution in [0.4, 0.5) is 0 Å². The molecule has 1 aliphatic carbocycles. The molecule has 0 aromatic rings. The second-order valence-electron chi connectivity index (χ2n) is 6.01. The normalized spacial score (nSPS) is 23.3. The van der Waals surface area contributed by atoms with Crippen LogP contribution < -0.4 is 5.73 Å². The molecule has 0 radical (unpaired) electrons. The number of hydrogen-bond donors (Lipinski definition) is 1. The van der Waals surface area contributed by atoms with Crippen LogP contribution in [0.25, 0.3) is 0 Å². The lowest BCUT2D eigenvalue weighted by atomic mass is 10.2. The first kappa shape index (κ1) is 16.2. The Morgan fingerprint density at radius 1 is 1.00 bits per heavy atom. The summed E-state index contributed by atoms with van der Waals surface area (Å²) in [5, 5.41) is 0. The SMILES string of the molecule is NCCCN(C1CCCC1)S(=O)(=O)N1CCCCCC1. The largest absolute Gasteiger partial charge is 0.330 e. The van der Waals surface area contributed by atoms with Crippen LogP contribution in [0.5, 0.6) is 0 Å². The highest BCUT2D eigenvalue weighted by molar-refractivity contribution is 7.86. The van der Waals surface area contributed by atoms with Crippen LogP contribution in [0.1, 0.15) is 57.8 Å².